The molecule has 1 fully saturated rings. The van der Waals surface area contributed by atoms with E-state index in [9.17, 15) is 9.18 Å². The summed E-state index contributed by atoms with van der Waals surface area (Å²) in [6, 6.07) is 4.53. The Morgan fingerprint density at radius 2 is 2.33 bits per heavy atom. The van der Waals surface area contributed by atoms with Crippen LogP contribution in [0.1, 0.15) is 23.2 Å². The Balaban J connectivity index is 2.11. The van der Waals surface area contributed by atoms with E-state index in [1.165, 1.54) is 6.07 Å². The summed E-state index contributed by atoms with van der Waals surface area (Å²) in [5, 5.41) is 0. The number of carbonyl (C=O) groups is 1. The molecule has 1 atom stereocenters. The Bertz CT molecular complexity index is 455. The van der Waals surface area contributed by atoms with E-state index in [1.807, 2.05) is 0 Å². The summed E-state index contributed by atoms with van der Waals surface area (Å²) in [4.78, 5) is 14.0. The standard InChI is InChI=1S/C13H14BrClFNO/c14-12-10(2-1-3-11(12)16)13(18)17-7-5-9(8-17)4-6-15/h1-3,9H,4-8H2. The molecular formula is C13H14BrClFNO. The Hall–Kier alpha value is -0.610. The van der Waals surface area contributed by atoms with Gasteiger partial charge in [-0.3, -0.25) is 4.79 Å². The van der Waals surface area contributed by atoms with Crippen LogP contribution in [0.5, 0.6) is 0 Å². The van der Waals surface area contributed by atoms with E-state index in [0.29, 0.717) is 23.9 Å². The number of likely N-dealkylation sites (tertiary alicyclic amines) is 1. The Morgan fingerprint density at radius 3 is 3.06 bits per heavy atom. The minimum Gasteiger partial charge on any atom is -0.338 e. The molecule has 1 heterocycles. The zero-order chi connectivity index (χ0) is 13.1. The van der Waals surface area contributed by atoms with Gasteiger partial charge in [0.1, 0.15) is 5.82 Å². The smallest absolute Gasteiger partial charge is 0.255 e. The van der Waals surface area contributed by atoms with Crippen LogP contribution in [-0.4, -0.2) is 29.8 Å². The van der Waals surface area contributed by atoms with Crippen LogP contribution in [0.15, 0.2) is 22.7 Å². The van der Waals surface area contributed by atoms with Crippen LogP contribution in [0.2, 0.25) is 0 Å². The lowest BCUT2D eigenvalue weighted by molar-refractivity contribution is 0.0785. The van der Waals surface area contributed by atoms with E-state index >= 15 is 0 Å². The third-order valence-electron chi connectivity index (χ3n) is 3.27. The third-order valence-corrected chi connectivity index (χ3v) is 4.30. The Kier molecular flexibility index (Phi) is 4.62. The number of rotatable bonds is 3. The Morgan fingerprint density at radius 1 is 1.56 bits per heavy atom. The summed E-state index contributed by atoms with van der Waals surface area (Å²) in [6.45, 7) is 1.44. The molecule has 2 rings (SSSR count). The zero-order valence-corrected chi connectivity index (χ0v) is 12.2. The lowest BCUT2D eigenvalue weighted by Crippen LogP contribution is -2.29. The van der Waals surface area contributed by atoms with Crippen molar-refractivity contribution in [2.45, 2.75) is 12.8 Å². The van der Waals surface area contributed by atoms with Crippen molar-refractivity contribution in [3.8, 4) is 0 Å². The van der Waals surface area contributed by atoms with Crippen molar-refractivity contribution in [3.63, 3.8) is 0 Å². The van der Waals surface area contributed by atoms with Gasteiger partial charge < -0.3 is 4.90 Å². The topological polar surface area (TPSA) is 20.3 Å². The largest absolute Gasteiger partial charge is 0.338 e. The summed E-state index contributed by atoms with van der Waals surface area (Å²) >= 11 is 8.84. The maximum absolute atomic E-state index is 13.4. The van der Waals surface area contributed by atoms with Gasteiger partial charge in [0.25, 0.3) is 5.91 Å². The summed E-state index contributed by atoms with van der Waals surface area (Å²) < 4.78 is 13.6. The van der Waals surface area contributed by atoms with Crippen LogP contribution in [0.3, 0.4) is 0 Å². The highest BCUT2D eigenvalue weighted by Gasteiger charge is 2.27. The van der Waals surface area contributed by atoms with Crippen molar-refractivity contribution in [3.05, 3.63) is 34.1 Å². The van der Waals surface area contributed by atoms with Gasteiger partial charge in [0.05, 0.1) is 10.0 Å². The molecule has 18 heavy (non-hydrogen) atoms. The Labute approximate surface area is 119 Å². The molecule has 98 valence electrons. The predicted molar refractivity (Wildman–Crippen MR) is 73.4 cm³/mol. The van der Waals surface area contributed by atoms with E-state index < -0.39 is 5.82 Å². The van der Waals surface area contributed by atoms with Gasteiger partial charge in [-0.25, -0.2) is 4.39 Å². The molecule has 1 aromatic carbocycles. The summed E-state index contributed by atoms with van der Waals surface area (Å²) in [5.41, 5.74) is 0.390. The first-order valence-corrected chi connectivity index (χ1v) is 7.25. The molecule has 0 bridgehead atoms. The molecule has 1 saturated heterocycles. The zero-order valence-electron chi connectivity index (χ0n) is 9.83. The van der Waals surface area contributed by atoms with Gasteiger partial charge >= 0.3 is 0 Å². The van der Waals surface area contributed by atoms with Crippen molar-refractivity contribution < 1.29 is 9.18 Å². The first-order chi connectivity index (χ1) is 8.63. The molecule has 1 amide bonds. The maximum atomic E-state index is 13.4. The van der Waals surface area contributed by atoms with E-state index in [1.54, 1.807) is 17.0 Å². The van der Waals surface area contributed by atoms with Gasteiger partial charge in [0, 0.05) is 19.0 Å². The quantitative estimate of drug-likeness (QED) is 0.772. The average molecular weight is 335 g/mol. The molecule has 0 N–H and O–H groups in total. The number of carbonyl (C=O) groups excluding carboxylic acids is 1. The van der Waals surface area contributed by atoms with Crippen LogP contribution in [0.4, 0.5) is 4.39 Å². The van der Waals surface area contributed by atoms with Gasteiger partial charge in [-0.2, -0.15) is 0 Å². The first-order valence-electron chi connectivity index (χ1n) is 5.92. The van der Waals surface area contributed by atoms with Gasteiger partial charge in [-0.1, -0.05) is 6.07 Å². The second-order valence-electron chi connectivity index (χ2n) is 4.48. The number of nitrogens with zero attached hydrogens (tertiary/aromatic N) is 1. The second-order valence-corrected chi connectivity index (χ2v) is 5.66. The lowest BCUT2D eigenvalue weighted by atomic mass is 10.1. The van der Waals surface area contributed by atoms with E-state index in [-0.39, 0.29) is 10.4 Å². The highest BCUT2D eigenvalue weighted by molar-refractivity contribution is 9.10. The molecule has 0 radical (unpaired) electrons. The van der Waals surface area contributed by atoms with Gasteiger partial charge in [-0.15, -0.1) is 11.6 Å². The molecule has 2 nitrogen and oxygen atoms in total. The fraction of sp³-hybridized carbons (Fsp3) is 0.462. The van der Waals surface area contributed by atoms with Crippen molar-refractivity contribution in [2.75, 3.05) is 19.0 Å². The SMILES string of the molecule is O=C(c1cccc(F)c1Br)N1CCC(CCCl)C1. The predicted octanol–water partition coefficient (Wildman–Crippen LogP) is 3.68. The molecular weight excluding hydrogens is 321 g/mol. The molecule has 0 aromatic heterocycles. The number of hydrogen-bond acceptors (Lipinski definition) is 1. The summed E-state index contributed by atoms with van der Waals surface area (Å²) in [6.07, 6.45) is 1.90. The van der Waals surface area contributed by atoms with E-state index in [4.69, 9.17) is 11.6 Å². The molecule has 1 aromatic rings. The van der Waals surface area contributed by atoms with Gasteiger partial charge in [0.15, 0.2) is 0 Å². The van der Waals surface area contributed by atoms with Crippen LogP contribution in [-0.2, 0) is 0 Å². The minimum atomic E-state index is -0.405. The highest BCUT2D eigenvalue weighted by atomic mass is 79.9. The van der Waals surface area contributed by atoms with E-state index in [2.05, 4.69) is 15.9 Å². The molecule has 0 spiro atoms. The first kappa shape index (κ1) is 13.8. The second kappa shape index (κ2) is 6.02. The number of alkyl halides is 1. The van der Waals surface area contributed by atoms with Gasteiger partial charge in [-0.05, 0) is 46.8 Å². The summed E-state index contributed by atoms with van der Waals surface area (Å²) in [7, 11) is 0. The van der Waals surface area contributed by atoms with Gasteiger partial charge in [0.2, 0.25) is 0 Å². The van der Waals surface area contributed by atoms with Crippen LogP contribution in [0, 0.1) is 11.7 Å². The fourth-order valence-corrected chi connectivity index (χ4v) is 2.99. The minimum absolute atomic E-state index is 0.113. The van der Waals surface area contributed by atoms with Crippen molar-refractivity contribution in [1.82, 2.24) is 4.90 Å². The van der Waals surface area contributed by atoms with Crippen molar-refractivity contribution >= 4 is 33.4 Å². The molecule has 1 aliphatic rings. The molecule has 0 aliphatic carbocycles. The maximum Gasteiger partial charge on any atom is 0.255 e. The molecule has 1 aliphatic heterocycles. The third kappa shape index (κ3) is 2.86. The normalized spacial score (nSPS) is 19.3. The number of hydrogen-bond donors (Lipinski definition) is 0. The number of amides is 1. The number of benzene rings is 1. The van der Waals surface area contributed by atoms with Crippen molar-refractivity contribution in [1.29, 1.82) is 0 Å². The van der Waals surface area contributed by atoms with Crippen LogP contribution >= 0.6 is 27.5 Å². The van der Waals surface area contributed by atoms with Crippen LogP contribution < -0.4 is 0 Å². The molecule has 1 unspecified atom stereocenters. The lowest BCUT2D eigenvalue weighted by Gasteiger charge is -2.17. The molecule has 5 heteroatoms. The summed E-state index contributed by atoms with van der Waals surface area (Å²) in [5.74, 6) is 0.575. The van der Waals surface area contributed by atoms with Crippen LogP contribution in [0.25, 0.3) is 0 Å². The monoisotopic (exact) mass is 333 g/mol. The van der Waals surface area contributed by atoms with Crippen molar-refractivity contribution in [2.24, 2.45) is 5.92 Å². The highest BCUT2D eigenvalue weighted by Crippen LogP contribution is 2.26. The molecule has 0 saturated carbocycles. The average Bonchev–Trinajstić information content (AvgIpc) is 2.81. The fourth-order valence-electron chi connectivity index (χ4n) is 2.25. The van der Waals surface area contributed by atoms with E-state index in [0.717, 1.165) is 19.4 Å². The number of halogens is 3.